The number of nitrogen functional groups attached to an aromatic ring is 1. The van der Waals surface area contributed by atoms with Crippen molar-refractivity contribution in [3.8, 4) is 0 Å². The average Bonchev–Trinajstić information content (AvgIpc) is 2.73. The van der Waals surface area contributed by atoms with Gasteiger partial charge in [0, 0.05) is 23.4 Å². The van der Waals surface area contributed by atoms with E-state index in [1.165, 1.54) is 5.57 Å². The number of nitrogens with one attached hydrogen (secondary N) is 3. The van der Waals surface area contributed by atoms with Gasteiger partial charge >= 0.3 is 0 Å². The number of nitrogens with zero attached hydrogens (tertiary/aromatic N) is 1. The molecule has 6 nitrogen and oxygen atoms in total. The predicted octanol–water partition coefficient (Wildman–Crippen LogP) is 4.53. The Morgan fingerprint density at radius 2 is 2.00 bits per heavy atom. The quantitative estimate of drug-likeness (QED) is 0.232. The first-order chi connectivity index (χ1) is 14.4. The number of nitrogens with two attached hydrogens (primary N) is 1. The summed E-state index contributed by atoms with van der Waals surface area (Å²) < 4.78 is 0. The number of anilines is 1. The standard InChI is InChI=1S/C24H35N5O/c1-4-7-17(2)16-22(21-8-5-6-15-27-21)28-18(3)9-14-23(30)29-20-12-10-19(11-13-20)24(25)26/h10-13,15,21-22,28H,2-9,14,16H2,1H3,(H3,25,26)(H,29,30). The predicted molar refractivity (Wildman–Crippen MR) is 126 cm³/mol. The van der Waals surface area contributed by atoms with Gasteiger partial charge in [-0.2, -0.15) is 0 Å². The number of allylic oxidation sites excluding steroid dienone is 1. The van der Waals surface area contributed by atoms with Crippen molar-refractivity contribution in [1.82, 2.24) is 5.32 Å². The third-order valence-corrected chi connectivity index (χ3v) is 5.23. The summed E-state index contributed by atoms with van der Waals surface area (Å²) in [7, 11) is 0. The summed E-state index contributed by atoms with van der Waals surface area (Å²) in [6, 6.07) is 7.34. The molecule has 0 saturated carbocycles. The lowest BCUT2D eigenvalue weighted by molar-refractivity contribution is -0.116. The summed E-state index contributed by atoms with van der Waals surface area (Å²) in [5.41, 5.74) is 8.86. The molecule has 0 fully saturated rings. The molecule has 30 heavy (non-hydrogen) atoms. The van der Waals surface area contributed by atoms with Gasteiger partial charge in [-0.1, -0.05) is 32.1 Å². The van der Waals surface area contributed by atoms with Crippen LogP contribution in [-0.4, -0.2) is 30.0 Å². The number of carbonyl (C=O) groups is 1. The fourth-order valence-corrected chi connectivity index (χ4v) is 3.61. The molecule has 2 atom stereocenters. The van der Waals surface area contributed by atoms with E-state index in [0.29, 0.717) is 24.1 Å². The van der Waals surface area contributed by atoms with Gasteiger partial charge in [-0.15, -0.1) is 0 Å². The molecule has 0 spiro atoms. The van der Waals surface area contributed by atoms with Crippen LogP contribution >= 0.6 is 0 Å². The van der Waals surface area contributed by atoms with Gasteiger partial charge in [0.25, 0.3) is 0 Å². The lowest BCUT2D eigenvalue weighted by Gasteiger charge is -2.29. The lowest BCUT2D eigenvalue weighted by atomic mass is 9.93. The molecule has 1 aromatic carbocycles. The first-order valence-electron chi connectivity index (χ1n) is 10.8. The van der Waals surface area contributed by atoms with Crippen LogP contribution in [0.3, 0.4) is 0 Å². The molecule has 1 heterocycles. The van der Waals surface area contributed by atoms with Crippen LogP contribution in [0.1, 0.15) is 63.9 Å². The Morgan fingerprint density at radius 1 is 1.27 bits per heavy atom. The molecule has 0 radical (unpaired) electrons. The molecule has 2 rings (SSSR count). The molecule has 162 valence electrons. The van der Waals surface area contributed by atoms with Gasteiger partial charge in [-0.3, -0.25) is 15.2 Å². The van der Waals surface area contributed by atoms with Crippen molar-refractivity contribution in [2.75, 3.05) is 5.32 Å². The molecule has 0 saturated heterocycles. The highest BCUT2D eigenvalue weighted by atomic mass is 16.1. The second kappa shape index (κ2) is 12.0. The van der Waals surface area contributed by atoms with Gasteiger partial charge in [-0.25, -0.2) is 0 Å². The molecule has 1 aromatic rings. The first kappa shape index (κ1) is 23.4. The number of carbonyl (C=O) groups excluding carboxylic acids is 1. The fraction of sp³-hybridized carbons (Fsp3) is 0.458. The highest BCUT2D eigenvalue weighted by molar-refractivity contribution is 5.96. The van der Waals surface area contributed by atoms with E-state index in [9.17, 15) is 4.79 Å². The molecule has 1 aliphatic rings. The van der Waals surface area contributed by atoms with E-state index in [0.717, 1.165) is 44.2 Å². The Balaban J connectivity index is 1.85. The Bertz CT molecular complexity index is 781. The Hall–Kier alpha value is -2.89. The van der Waals surface area contributed by atoms with Crippen molar-refractivity contribution >= 4 is 23.6 Å². The lowest BCUT2D eigenvalue weighted by Crippen LogP contribution is -2.39. The van der Waals surface area contributed by atoms with Crippen LogP contribution < -0.4 is 16.4 Å². The maximum Gasteiger partial charge on any atom is 0.224 e. The number of rotatable bonds is 12. The van der Waals surface area contributed by atoms with Gasteiger partial charge in [-0.05, 0) is 69.0 Å². The summed E-state index contributed by atoms with van der Waals surface area (Å²) in [6.45, 7) is 10.5. The minimum Gasteiger partial charge on any atom is -0.384 e. The highest BCUT2D eigenvalue weighted by Gasteiger charge is 2.23. The molecule has 5 N–H and O–H groups in total. The van der Waals surface area contributed by atoms with Crippen molar-refractivity contribution in [3.63, 3.8) is 0 Å². The third kappa shape index (κ3) is 7.85. The molecule has 2 unspecified atom stereocenters. The van der Waals surface area contributed by atoms with Crippen molar-refractivity contribution in [1.29, 1.82) is 5.41 Å². The van der Waals surface area contributed by atoms with Crippen molar-refractivity contribution in [2.24, 2.45) is 10.7 Å². The van der Waals surface area contributed by atoms with E-state index in [1.54, 1.807) is 24.3 Å². The summed E-state index contributed by atoms with van der Waals surface area (Å²) in [5, 5.41) is 13.8. The van der Waals surface area contributed by atoms with Crippen molar-refractivity contribution < 1.29 is 4.79 Å². The molecular weight excluding hydrogens is 374 g/mol. The van der Waals surface area contributed by atoms with Crippen LogP contribution in [0.2, 0.25) is 0 Å². The SMILES string of the molecule is C=C(CCC)CC(NC(=C)CCC(=O)Nc1ccc(C(=N)N)cc1)C1CCCC=N1. The molecule has 0 aromatic heterocycles. The molecule has 1 amide bonds. The van der Waals surface area contributed by atoms with Gasteiger partial charge in [0.15, 0.2) is 0 Å². The van der Waals surface area contributed by atoms with Crippen molar-refractivity contribution in [2.45, 2.75) is 70.4 Å². The van der Waals surface area contributed by atoms with E-state index in [1.807, 2.05) is 6.21 Å². The van der Waals surface area contributed by atoms with E-state index in [2.05, 4.69) is 30.7 Å². The maximum atomic E-state index is 12.3. The van der Waals surface area contributed by atoms with Crippen molar-refractivity contribution in [3.05, 3.63) is 54.3 Å². The number of aliphatic imine (C=N–C) groups is 1. The monoisotopic (exact) mass is 409 g/mol. The number of benzene rings is 1. The van der Waals surface area contributed by atoms with Crippen LogP contribution in [0, 0.1) is 5.41 Å². The Labute approximate surface area is 180 Å². The van der Waals surface area contributed by atoms with Crippen LogP contribution in [0.5, 0.6) is 0 Å². The smallest absolute Gasteiger partial charge is 0.224 e. The van der Waals surface area contributed by atoms with Crippen LogP contribution in [0.15, 0.2) is 53.7 Å². The molecule has 0 bridgehead atoms. The van der Waals surface area contributed by atoms with Gasteiger partial charge in [0.2, 0.25) is 5.91 Å². The largest absolute Gasteiger partial charge is 0.384 e. The normalized spacial score (nSPS) is 16.5. The summed E-state index contributed by atoms with van der Waals surface area (Å²) in [6.07, 6.45) is 9.19. The van der Waals surface area contributed by atoms with Gasteiger partial charge in [0.1, 0.15) is 5.84 Å². The molecule has 0 aliphatic carbocycles. The van der Waals surface area contributed by atoms with E-state index >= 15 is 0 Å². The highest BCUT2D eigenvalue weighted by Crippen LogP contribution is 2.21. The number of hydrogen-bond acceptors (Lipinski definition) is 4. The fourth-order valence-electron chi connectivity index (χ4n) is 3.61. The Kier molecular flexibility index (Phi) is 9.32. The summed E-state index contributed by atoms with van der Waals surface area (Å²) in [5.74, 6) is -0.0649. The van der Waals surface area contributed by atoms with E-state index < -0.39 is 0 Å². The second-order valence-electron chi connectivity index (χ2n) is 7.93. The minimum absolute atomic E-state index is 0.00808. The minimum atomic E-state index is -0.0730. The van der Waals surface area contributed by atoms with E-state index in [-0.39, 0.29) is 23.8 Å². The second-order valence-corrected chi connectivity index (χ2v) is 7.93. The Morgan fingerprint density at radius 3 is 2.60 bits per heavy atom. The zero-order valence-corrected chi connectivity index (χ0v) is 18.0. The topological polar surface area (TPSA) is 103 Å². The zero-order chi connectivity index (χ0) is 21.9. The molecular formula is C24H35N5O. The first-order valence-corrected chi connectivity index (χ1v) is 10.8. The van der Waals surface area contributed by atoms with Crippen LogP contribution in [0.25, 0.3) is 0 Å². The average molecular weight is 410 g/mol. The molecule has 1 aliphatic heterocycles. The van der Waals surface area contributed by atoms with Gasteiger partial charge < -0.3 is 16.4 Å². The number of amides is 1. The van der Waals surface area contributed by atoms with E-state index in [4.69, 9.17) is 16.1 Å². The number of amidine groups is 1. The third-order valence-electron chi connectivity index (χ3n) is 5.23. The van der Waals surface area contributed by atoms with Gasteiger partial charge in [0.05, 0.1) is 12.1 Å². The summed E-state index contributed by atoms with van der Waals surface area (Å²) in [4.78, 5) is 17.0. The molecule has 6 heteroatoms. The number of hydrogen-bond donors (Lipinski definition) is 4. The van der Waals surface area contributed by atoms with Crippen LogP contribution in [0.4, 0.5) is 5.69 Å². The maximum absolute atomic E-state index is 12.3. The van der Waals surface area contributed by atoms with Crippen LogP contribution in [-0.2, 0) is 4.79 Å². The summed E-state index contributed by atoms with van der Waals surface area (Å²) >= 11 is 0. The zero-order valence-electron chi connectivity index (χ0n) is 18.0.